The molecule has 0 saturated carbocycles. The van der Waals surface area contributed by atoms with Gasteiger partial charge in [0.2, 0.25) is 5.09 Å². The van der Waals surface area contributed by atoms with Gasteiger partial charge in [-0.1, -0.05) is 22.0 Å². The maximum Gasteiger partial charge on any atom is 0.318 e. The Balaban J connectivity index is 2.42. The van der Waals surface area contributed by atoms with Crippen molar-refractivity contribution in [1.29, 1.82) is 0 Å². The lowest BCUT2D eigenvalue weighted by Crippen LogP contribution is -2.29. The summed E-state index contributed by atoms with van der Waals surface area (Å²) in [6.45, 7) is -0.694. The lowest BCUT2D eigenvalue weighted by molar-refractivity contribution is -0.135. The van der Waals surface area contributed by atoms with Crippen molar-refractivity contribution < 1.29 is 22.7 Å². The Bertz CT molecular complexity index is 706. The highest BCUT2D eigenvalue weighted by molar-refractivity contribution is 9.10. The number of hydrogen-bond acceptors (Lipinski definition) is 4. The van der Waals surface area contributed by atoms with Crippen molar-refractivity contribution in [3.63, 3.8) is 0 Å². The van der Waals surface area contributed by atoms with Crippen LogP contribution in [-0.4, -0.2) is 26.0 Å². The normalized spacial score (nSPS) is 11.8. The summed E-state index contributed by atoms with van der Waals surface area (Å²) < 4.78 is 31.3. The van der Waals surface area contributed by atoms with Crippen LogP contribution >= 0.6 is 15.9 Å². The molecular formula is C10H8BrNO5S. The van der Waals surface area contributed by atoms with E-state index >= 15 is 0 Å². The topological polar surface area (TPSA) is 96.6 Å². The van der Waals surface area contributed by atoms with Crippen LogP contribution in [0.15, 0.2) is 38.2 Å². The molecule has 1 aromatic carbocycles. The predicted molar refractivity (Wildman–Crippen MR) is 66.7 cm³/mol. The first-order valence-corrected chi connectivity index (χ1v) is 7.07. The second kappa shape index (κ2) is 4.71. The van der Waals surface area contributed by atoms with Gasteiger partial charge in [0.1, 0.15) is 12.1 Å². The highest BCUT2D eigenvalue weighted by Gasteiger charge is 2.20. The first-order chi connectivity index (χ1) is 8.40. The quantitative estimate of drug-likeness (QED) is 0.884. The summed E-state index contributed by atoms with van der Waals surface area (Å²) in [6, 6.07) is 6.41. The van der Waals surface area contributed by atoms with Crippen LogP contribution in [0, 0.1) is 0 Å². The van der Waals surface area contributed by atoms with E-state index in [1.807, 2.05) is 4.72 Å². The van der Waals surface area contributed by atoms with Gasteiger partial charge in [-0.2, -0.15) is 4.72 Å². The van der Waals surface area contributed by atoms with Gasteiger partial charge in [-0.25, -0.2) is 8.42 Å². The molecule has 2 rings (SSSR count). The number of benzene rings is 1. The summed E-state index contributed by atoms with van der Waals surface area (Å²) in [7, 11) is -3.95. The second-order valence-corrected chi connectivity index (χ2v) is 5.99. The van der Waals surface area contributed by atoms with Gasteiger partial charge in [0, 0.05) is 15.9 Å². The van der Waals surface area contributed by atoms with Crippen LogP contribution in [0.3, 0.4) is 0 Å². The molecule has 8 heteroatoms. The third-order valence-corrected chi connectivity index (χ3v) is 4.11. The molecule has 0 bridgehead atoms. The minimum atomic E-state index is -3.95. The number of fused-ring (bicyclic) bond motifs is 1. The zero-order valence-corrected chi connectivity index (χ0v) is 11.3. The summed E-state index contributed by atoms with van der Waals surface area (Å²) >= 11 is 3.27. The standard InChI is InChI=1S/C10H8BrNO5S/c11-7-2-1-3-8-6(7)4-10(17-8)18(15,16)12-5-9(13)14/h1-4,12H,5H2,(H,13,14). The van der Waals surface area contributed by atoms with Crippen molar-refractivity contribution >= 4 is 42.9 Å². The molecule has 1 aromatic heterocycles. The summed E-state index contributed by atoms with van der Waals surface area (Å²) in [5.74, 6) is -1.27. The number of rotatable bonds is 4. The van der Waals surface area contributed by atoms with Crippen molar-refractivity contribution in [2.75, 3.05) is 6.54 Å². The number of furan rings is 1. The number of aliphatic carboxylic acids is 1. The third-order valence-electron chi connectivity index (χ3n) is 2.16. The fraction of sp³-hybridized carbons (Fsp3) is 0.100. The Kier molecular flexibility index (Phi) is 3.42. The molecule has 18 heavy (non-hydrogen) atoms. The first kappa shape index (κ1) is 13.1. The zero-order valence-electron chi connectivity index (χ0n) is 8.88. The molecule has 0 amide bonds. The van der Waals surface area contributed by atoms with Gasteiger partial charge < -0.3 is 9.52 Å². The van der Waals surface area contributed by atoms with E-state index in [0.717, 1.165) is 0 Å². The second-order valence-electron chi connectivity index (χ2n) is 3.44. The molecule has 0 radical (unpaired) electrons. The Hall–Kier alpha value is -1.38. The van der Waals surface area contributed by atoms with Crippen LogP contribution in [0.25, 0.3) is 11.0 Å². The van der Waals surface area contributed by atoms with E-state index in [-0.39, 0.29) is 5.09 Å². The van der Waals surface area contributed by atoms with Gasteiger partial charge in [0.15, 0.2) is 0 Å². The molecular weight excluding hydrogens is 326 g/mol. The fourth-order valence-corrected chi connectivity index (χ4v) is 2.75. The molecule has 6 nitrogen and oxygen atoms in total. The molecule has 2 aromatic rings. The molecule has 0 aliphatic rings. The van der Waals surface area contributed by atoms with E-state index in [4.69, 9.17) is 9.52 Å². The van der Waals surface area contributed by atoms with E-state index < -0.39 is 22.5 Å². The minimum absolute atomic E-state index is 0.314. The van der Waals surface area contributed by atoms with Crippen molar-refractivity contribution in [3.05, 3.63) is 28.7 Å². The van der Waals surface area contributed by atoms with Gasteiger partial charge >= 0.3 is 5.97 Å². The van der Waals surface area contributed by atoms with Crippen LogP contribution in [0.4, 0.5) is 0 Å². The number of carboxylic acid groups (broad SMARTS) is 1. The smallest absolute Gasteiger partial charge is 0.318 e. The summed E-state index contributed by atoms with van der Waals surface area (Å²) in [6.07, 6.45) is 0. The fourth-order valence-electron chi connectivity index (χ4n) is 1.36. The molecule has 0 fully saturated rings. The van der Waals surface area contributed by atoms with Gasteiger partial charge in [-0.15, -0.1) is 0 Å². The van der Waals surface area contributed by atoms with Crippen molar-refractivity contribution in [2.45, 2.75) is 5.09 Å². The number of hydrogen-bond donors (Lipinski definition) is 2. The molecule has 2 N–H and O–H groups in total. The summed E-state index contributed by atoms with van der Waals surface area (Å²) in [5, 5.41) is 8.73. The molecule has 0 spiro atoms. The van der Waals surface area contributed by atoms with E-state index in [0.29, 0.717) is 15.4 Å². The first-order valence-electron chi connectivity index (χ1n) is 4.80. The van der Waals surface area contributed by atoms with Crippen LogP contribution in [0.1, 0.15) is 0 Å². The van der Waals surface area contributed by atoms with E-state index in [9.17, 15) is 13.2 Å². The van der Waals surface area contributed by atoms with Crippen molar-refractivity contribution in [2.24, 2.45) is 0 Å². The highest BCUT2D eigenvalue weighted by atomic mass is 79.9. The van der Waals surface area contributed by atoms with Crippen molar-refractivity contribution in [3.8, 4) is 0 Å². The van der Waals surface area contributed by atoms with Crippen molar-refractivity contribution in [1.82, 2.24) is 4.72 Å². The Labute approximate surface area is 111 Å². The maximum atomic E-state index is 11.7. The lowest BCUT2D eigenvalue weighted by Gasteiger charge is -1.99. The van der Waals surface area contributed by atoms with Crippen LogP contribution in [0.5, 0.6) is 0 Å². The largest absolute Gasteiger partial charge is 0.480 e. The zero-order chi connectivity index (χ0) is 13.3. The Morgan fingerprint density at radius 1 is 1.44 bits per heavy atom. The Morgan fingerprint density at radius 2 is 2.17 bits per heavy atom. The number of carbonyl (C=O) groups is 1. The lowest BCUT2D eigenvalue weighted by atomic mass is 10.3. The van der Waals surface area contributed by atoms with E-state index in [1.54, 1.807) is 18.2 Å². The number of halogens is 1. The van der Waals surface area contributed by atoms with E-state index in [2.05, 4.69) is 15.9 Å². The van der Waals surface area contributed by atoms with Gasteiger partial charge in [0.05, 0.1) is 0 Å². The molecule has 0 aliphatic heterocycles. The molecule has 0 unspecified atom stereocenters. The molecule has 0 atom stereocenters. The summed E-state index contributed by atoms with van der Waals surface area (Å²) in [5.41, 5.74) is 0.403. The average Bonchev–Trinajstić information content (AvgIpc) is 2.73. The van der Waals surface area contributed by atoms with E-state index in [1.165, 1.54) is 6.07 Å². The minimum Gasteiger partial charge on any atom is -0.480 e. The molecule has 0 aliphatic carbocycles. The van der Waals surface area contributed by atoms with Crippen LogP contribution in [-0.2, 0) is 14.8 Å². The third kappa shape index (κ3) is 2.55. The predicted octanol–water partition coefficient (Wildman–Crippen LogP) is 1.56. The number of nitrogens with one attached hydrogen (secondary N) is 1. The Morgan fingerprint density at radius 3 is 2.78 bits per heavy atom. The maximum absolute atomic E-state index is 11.7. The number of sulfonamides is 1. The molecule has 0 saturated heterocycles. The van der Waals surface area contributed by atoms with Crippen LogP contribution < -0.4 is 4.72 Å². The molecule has 1 heterocycles. The van der Waals surface area contributed by atoms with Gasteiger partial charge in [-0.05, 0) is 12.1 Å². The van der Waals surface area contributed by atoms with Gasteiger partial charge in [0.25, 0.3) is 10.0 Å². The highest BCUT2D eigenvalue weighted by Crippen LogP contribution is 2.28. The average molecular weight is 334 g/mol. The number of carboxylic acids is 1. The monoisotopic (exact) mass is 333 g/mol. The van der Waals surface area contributed by atoms with Crippen LogP contribution in [0.2, 0.25) is 0 Å². The SMILES string of the molecule is O=C(O)CNS(=O)(=O)c1cc2c(Br)cccc2o1. The summed E-state index contributed by atoms with van der Waals surface area (Å²) in [4.78, 5) is 10.3. The molecule has 96 valence electrons. The van der Waals surface area contributed by atoms with Gasteiger partial charge in [-0.3, -0.25) is 4.79 Å².